The third-order valence-electron chi connectivity index (χ3n) is 3.14. The zero-order valence-corrected chi connectivity index (χ0v) is 12.6. The lowest BCUT2D eigenvalue weighted by atomic mass is 9.92. The van der Waals surface area contributed by atoms with Crippen molar-refractivity contribution in [3.05, 3.63) is 66.8 Å². The Kier molecular flexibility index (Phi) is 6.47. The molecule has 3 nitrogen and oxygen atoms in total. The normalized spacial score (nSPS) is 19.3. The highest BCUT2D eigenvalue weighted by Crippen LogP contribution is 2.28. The van der Waals surface area contributed by atoms with Crippen LogP contribution in [-0.2, 0) is 4.79 Å². The molecule has 3 heteroatoms. The molecule has 1 aliphatic carbocycles. The van der Waals surface area contributed by atoms with E-state index < -0.39 is 5.97 Å². The minimum atomic E-state index is -0.935. The summed E-state index contributed by atoms with van der Waals surface area (Å²) in [6.07, 6.45) is 10.4. The van der Waals surface area contributed by atoms with E-state index in [1.807, 2.05) is 30.3 Å². The molecule has 2 rings (SSSR count). The quantitative estimate of drug-likeness (QED) is 0.836. The molecule has 0 spiro atoms. The molecule has 0 saturated heterocycles. The number of benzene rings is 1. The molecule has 1 aromatic carbocycles. The van der Waals surface area contributed by atoms with Crippen LogP contribution in [0.5, 0.6) is 5.75 Å². The largest absolute Gasteiger partial charge is 0.483 e. The van der Waals surface area contributed by atoms with Gasteiger partial charge in [-0.25, -0.2) is 4.79 Å². The zero-order valence-electron chi connectivity index (χ0n) is 12.6. The molecule has 0 fully saturated rings. The number of ether oxygens (including phenoxy) is 1. The number of carboxylic acids is 1. The minimum Gasteiger partial charge on any atom is -0.483 e. The van der Waals surface area contributed by atoms with Crippen LogP contribution >= 0.6 is 0 Å². The van der Waals surface area contributed by atoms with E-state index in [0.717, 1.165) is 18.6 Å². The van der Waals surface area contributed by atoms with E-state index >= 15 is 0 Å². The third-order valence-corrected chi connectivity index (χ3v) is 3.14. The Balaban J connectivity index is 0.000000315. The number of allylic oxidation sites excluding steroid dienone is 2. The molecule has 0 radical (unpaired) electrons. The number of hydrogen-bond acceptors (Lipinski definition) is 2. The van der Waals surface area contributed by atoms with Gasteiger partial charge in [0.2, 0.25) is 0 Å². The fourth-order valence-corrected chi connectivity index (χ4v) is 1.78. The SMILES string of the molecule is C=C(C)C(=O)O.CCC1(Oc2ccccc2)C=CC=CC1. The highest BCUT2D eigenvalue weighted by atomic mass is 16.5. The van der Waals surface area contributed by atoms with Crippen molar-refractivity contribution < 1.29 is 14.6 Å². The van der Waals surface area contributed by atoms with E-state index in [1.165, 1.54) is 6.92 Å². The predicted molar refractivity (Wildman–Crippen MR) is 85.4 cm³/mol. The number of para-hydroxylation sites is 1. The van der Waals surface area contributed by atoms with Crippen molar-refractivity contribution in [2.24, 2.45) is 0 Å². The van der Waals surface area contributed by atoms with Gasteiger partial charge in [0.25, 0.3) is 0 Å². The second-order valence-corrected chi connectivity index (χ2v) is 4.91. The van der Waals surface area contributed by atoms with Crippen molar-refractivity contribution in [2.75, 3.05) is 0 Å². The van der Waals surface area contributed by atoms with Crippen LogP contribution in [0.3, 0.4) is 0 Å². The van der Waals surface area contributed by atoms with E-state index in [1.54, 1.807) is 0 Å². The lowest BCUT2D eigenvalue weighted by Crippen LogP contribution is -2.33. The summed E-state index contributed by atoms with van der Waals surface area (Å²) in [5.41, 5.74) is 0.0332. The molecule has 0 heterocycles. The van der Waals surface area contributed by atoms with Crippen LogP contribution in [0.4, 0.5) is 0 Å². The fourth-order valence-electron chi connectivity index (χ4n) is 1.78. The second kappa shape index (κ2) is 8.10. The Hall–Kier alpha value is -2.29. The minimum absolute atomic E-state index is 0.143. The van der Waals surface area contributed by atoms with Crippen molar-refractivity contribution in [2.45, 2.75) is 32.3 Å². The van der Waals surface area contributed by atoms with Gasteiger partial charge in [-0.3, -0.25) is 0 Å². The highest BCUT2D eigenvalue weighted by molar-refractivity contribution is 5.84. The van der Waals surface area contributed by atoms with Crippen LogP contribution in [0.15, 0.2) is 66.8 Å². The summed E-state index contributed by atoms with van der Waals surface area (Å²) in [5, 5.41) is 7.89. The number of aliphatic carboxylic acids is 1. The average Bonchev–Trinajstić information content (AvgIpc) is 2.50. The summed E-state index contributed by atoms with van der Waals surface area (Å²) in [6, 6.07) is 10.0. The first kappa shape index (κ1) is 16.8. The number of hydrogen-bond donors (Lipinski definition) is 1. The summed E-state index contributed by atoms with van der Waals surface area (Å²) < 4.78 is 6.05. The maximum absolute atomic E-state index is 9.60. The van der Waals surface area contributed by atoms with Crippen molar-refractivity contribution >= 4 is 5.97 Å². The van der Waals surface area contributed by atoms with Crippen LogP contribution in [0, 0.1) is 0 Å². The molecule has 0 bridgehead atoms. The van der Waals surface area contributed by atoms with E-state index in [-0.39, 0.29) is 11.2 Å². The molecule has 1 aromatic rings. The van der Waals surface area contributed by atoms with Gasteiger partial charge in [-0.2, -0.15) is 0 Å². The van der Waals surface area contributed by atoms with Crippen molar-refractivity contribution in [3.63, 3.8) is 0 Å². The van der Waals surface area contributed by atoms with E-state index in [0.29, 0.717) is 0 Å². The van der Waals surface area contributed by atoms with Crippen molar-refractivity contribution in [1.29, 1.82) is 0 Å². The van der Waals surface area contributed by atoms with E-state index in [9.17, 15) is 4.79 Å². The summed E-state index contributed by atoms with van der Waals surface area (Å²) in [6.45, 7) is 6.76. The summed E-state index contributed by atoms with van der Waals surface area (Å²) >= 11 is 0. The lowest BCUT2D eigenvalue weighted by Gasteiger charge is -2.31. The maximum atomic E-state index is 9.60. The van der Waals surface area contributed by atoms with Crippen LogP contribution in [0.25, 0.3) is 0 Å². The third kappa shape index (κ3) is 5.69. The Morgan fingerprint density at radius 2 is 1.95 bits per heavy atom. The van der Waals surface area contributed by atoms with Crippen molar-refractivity contribution in [3.8, 4) is 5.75 Å². The monoisotopic (exact) mass is 286 g/mol. The lowest BCUT2D eigenvalue weighted by molar-refractivity contribution is -0.132. The Morgan fingerprint density at radius 3 is 2.38 bits per heavy atom. The molecule has 21 heavy (non-hydrogen) atoms. The Bertz CT molecular complexity index is 517. The van der Waals surface area contributed by atoms with Crippen LogP contribution < -0.4 is 4.74 Å². The Morgan fingerprint density at radius 1 is 1.33 bits per heavy atom. The van der Waals surface area contributed by atoms with Gasteiger partial charge in [-0.05, 0) is 31.6 Å². The zero-order chi connectivity index (χ0) is 15.7. The second-order valence-electron chi connectivity index (χ2n) is 4.91. The van der Waals surface area contributed by atoms with Crippen LogP contribution in [0.2, 0.25) is 0 Å². The number of rotatable bonds is 4. The predicted octanol–water partition coefficient (Wildman–Crippen LogP) is 4.38. The number of carbonyl (C=O) groups is 1. The molecule has 1 aliphatic rings. The molecule has 0 saturated carbocycles. The van der Waals surface area contributed by atoms with Gasteiger partial charge in [0.15, 0.2) is 0 Å². The summed E-state index contributed by atoms with van der Waals surface area (Å²) in [7, 11) is 0. The fraction of sp³-hybridized carbons (Fsp3) is 0.278. The molecule has 0 amide bonds. The molecular formula is C18H22O3. The standard InChI is InChI=1S/C14H16O.C4H6O2/c1-2-14(11-7-4-8-12-14)15-13-9-5-3-6-10-13;1-3(2)4(5)6/h3-11H,2,12H2,1H3;1H2,2H3,(H,5,6). The molecule has 1 atom stereocenters. The Labute approximate surface area is 126 Å². The van der Waals surface area contributed by atoms with E-state index in [4.69, 9.17) is 9.84 Å². The van der Waals surface area contributed by atoms with Crippen LogP contribution in [-0.4, -0.2) is 16.7 Å². The molecule has 1 unspecified atom stereocenters. The molecule has 0 aliphatic heterocycles. The van der Waals surface area contributed by atoms with Gasteiger partial charge >= 0.3 is 5.97 Å². The van der Waals surface area contributed by atoms with E-state index in [2.05, 4.69) is 37.8 Å². The van der Waals surface area contributed by atoms with Gasteiger partial charge < -0.3 is 9.84 Å². The average molecular weight is 286 g/mol. The molecule has 1 N–H and O–H groups in total. The summed E-state index contributed by atoms with van der Waals surface area (Å²) in [4.78, 5) is 9.60. The molecular weight excluding hydrogens is 264 g/mol. The van der Waals surface area contributed by atoms with Gasteiger partial charge in [-0.1, -0.05) is 49.9 Å². The first-order valence-electron chi connectivity index (χ1n) is 6.96. The first-order chi connectivity index (χ1) is 9.99. The van der Waals surface area contributed by atoms with Crippen LogP contribution in [0.1, 0.15) is 26.7 Å². The van der Waals surface area contributed by atoms with Gasteiger partial charge in [0, 0.05) is 12.0 Å². The number of carboxylic acid groups (broad SMARTS) is 1. The van der Waals surface area contributed by atoms with Gasteiger partial charge in [-0.15, -0.1) is 0 Å². The topological polar surface area (TPSA) is 46.5 Å². The van der Waals surface area contributed by atoms with Gasteiger partial charge in [0.1, 0.15) is 11.4 Å². The molecule has 112 valence electrons. The smallest absolute Gasteiger partial charge is 0.330 e. The molecule has 0 aromatic heterocycles. The highest BCUT2D eigenvalue weighted by Gasteiger charge is 2.26. The van der Waals surface area contributed by atoms with Crippen molar-refractivity contribution in [1.82, 2.24) is 0 Å². The summed E-state index contributed by atoms with van der Waals surface area (Å²) in [5.74, 6) is 0.00861. The first-order valence-corrected chi connectivity index (χ1v) is 6.96. The van der Waals surface area contributed by atoms with Gasteiger partial charge in [0.05, 0.1) is 0 Å². The maximum Gasteiger partial charge on any atom is 0.330 e.